The molecule has 148 valence electrons. The molecule has 0 aliphatic carbocycles. The summed E-state index contributed by atoms with van der Waals surface area (Å²) in [4.78, 5) is 25.0. The molecule has 0 fully saturated rings. The largest absolute Gasteiger partial charge is 0.486 e. The van der Waals surface area contributed by atoms with Gasteiger partial charge in [0.2, 0.25) is 5.91 Å². The zero-order valence-electron chi connectivity index (χ0n) is 15.6. The number of nitrogens with zero attached hydrogens (tertiary/aromatic N) is 2. The Morgan fingerprint density at radius 1 is 1.07 bits per heavy atom. The molecule has 0 unspecified atom stereocenters. The van der Waals surface area contributed by atoms with E-state index in [1.165, 1.54) is 10.7 Å². The number of aromatic nitrogens is 2. The molecule has 2 heterocycles. The number of hydrogen-bond donors (Lipinski definition) is 1. The molecule has 4 rings (SSSR count). The number of amides is 1. The van der Waals surface area contributed by atoms with E-state index < -0.39 is 6.04 Å². The van der Waals surface area contributed by atoms with Crippen LogP contribution in [0.5, 0.6) is 11.5 Å². The van der Waals surface area contributed by atoms with Gasteiger partial charge in [-0.25, -0.2) is 4.68 Å². The molecule has 0 saturated carbocycles. The molecule has 7 nitrogen and oxygen atoms in total. The summed E-state index contributed by atoms with van der Waals surface area (Å²) in [5, 5.41) is 7.21. The number of rotatable bonds is 4. The first-order chi connectivity index (χ1) is 14.0. The third kappa shape index (κ3) is 4.17. The van der Waals surface area contributed by atoms with Crippen molar-refractivity contribution in [1.82, 2.24) is 9.78 Å². The highest BCUT2D eigenvalue weighted by Crippen LogP contribution is 2.33. The maximum Gasteiger partial charge on any atom is 0.267 e. The highest BCUT2D eigenvalue weighted by molar-refractivity contribution is 9.10. The molecule has 1 amide bonds. The van der Waals surface area contributed by atoms with Crippen LogP contribution in [0.1, 0.15) is 13.0 Å². The van der Waals surface area contributed by atoms with Gasteiger partial charge in [-0.15, -0.1) is 0 Å². The van der Waals surface area contributed by atoms with Crippen molar-refractivity contribution in [2.45, 2.75) is 13.0 Å². The van der Waals surface area contributed by atoms with E-state index >= 15 is 0 Å². The van der Waals surface area contributed by atoms with Crippen LogP contribution in [0.2, 0.25) is 0 Å². The lowest BCUT2D eigenvalue weighted by atomic mass is 10.1. The lowest BCUT2D eigenvalue weighted by molar-refractivity contribution is -0.119. The highest BCUT2D eigenvalue weighted by Gasteiger charge is 2.19. The van der Waals surface area contributed by atoms with Crippen LogP contribution in [0, 0.1) is 0 Å². The summed E-state index contributed by atoms with van der Waals surface area (Å²) < 4.78 is 13.2. The quantitative estimate of drug-likeness (QED) is 0.649. The van der Waals surface area contributed by atoms with Gasteiger partial charge >= 0.3 is 0 Å². The van der Waals surface area contributed by atoms with Gasteiger partial charge in [-0.3, -0.25) is 9.59 Å². The molecule has 1 aliphatic rings. The van der Waals surface area contributed by atoms with Crippen molar-refractivity contribution in [1.29, 1.82) is 0 Å². The third-order valence-electron chi connectivity index (χ3n) is 4.52. The van der Waals surface area contributed by atoms with E-state index in [0.29, 0.717) is 36.1 Å². The summed E-state index contributed by atoms with van der Waals surface area (Å²) in [6.45, 7) is 2.63. The van der Waals surface area contributed by atoms with Crippen LogP contribution in [0.3, 0.4) is 0 Å². The van der Waals surface area contributed by atoms with Gasteiger partial charge in [0.05, 0.1) is 5.69 Å². The summed E-state index contributed by atoms with van der Waals surface area (Å²) in [7, 11) is 0. The summed E-state index contributed by atoms with van der Waals surface area (Å²) in [6.07, 6.45) is 0. The van der Waals surface area contributed by atoms with Gasteiger partial charge in [0.1, 0.15) is 19.3 Å². The van der Waals surface area contributed by atoms with Crippen LogP contribution >= 0.6 is 15.9 Å². The number of carbonyl (C=O) groups excluding carboxylic acids is 1. The van der Waals surface area contributed by atoms with Gasteiger partial charge in [0.25, 0.3) is 5.56 Å². The zero-order valence-corrected chi connectivity index (χ0v) is 17.2. The average molecular weight is 456 g/mol. The number of carbonyl (C=O) groups is 1. The van der Waals surface area contributed by atoms with E-state index in [1.807, 2.05) is 30.3 Å². The predicted molar refractivity (Wildman–Crippen MR) is 112 cm³/mol. The van der Waals surface area contributed by atoms with Gasteiger partial charge in [-0.1, -0.05) is 15.9 Å². The summed E-state index contributed by atoms with van der Waals surface area (Å²) in [5.74, 6) is 0.978. The molecule has 2 aromatic carbocycles. The van der Waals surface area contributed by atoms with Crippen molar-refractivity contribution >= 4 is 27.5 Å². The first kappa shape index (κ1) is 19.2. The van der Waals surface area contributed by atoms with Gasteiger partial charge in [0.15, 0.2) is 11.5 Å². The third-order valence-corrected chi connectivity index (χ3v) is 5.05. The summed E-state index contributed by atoms with van der Waals surface area (Å²) in [6, 6.07) is 14.9. The van der Waals surface area contributed by atoms with Crippen LogP contribution in [0.4, 0.5) is 5.69 Å². The van der Waals surface area contributed by atoms with E-state index in [4.69, 9.17) is 9.47 Å². The van der Waals surface area contributed by atoms with E-state index in [1.54, 1.807) is 25.1 Å². The normalized spacial score (nSPS) is 13.6. The molecule has 3 aromatic rings. The summed E-state index contributed by atoms with van der Waals surface area (Å²) in [5.41, 5.74) is 1.61. The van der Waals surface area contributed by atoms with E-state index in [2.05, 4.69) is 26.3 Å². The predicted octanol–water partition coefficient (Wildman–Crippen LogP) is 3.64. The Hall–Kier alpha value is -3.13. The fraction of sp³-hybridized carbons (Fsp3) is 0.190. The maximum absolute atomic E-state index is 12.6. The Balaban J connectivity index is 1.60. The number of halogens is 1. The van der Waals surface area contributed by atoms with Crippen LogP contribution in [0.25, 0.3) is 11.3 Å². The smallest absolute Gasteiger partial charge is 0.267 e. The minimum Gasteiger partial charge on any atom is -0.486 e. The molecule has 0 saturated heterocycles. The number of fused-ring (bicyclic) bond motifs is 1. The number of nitrogens with one attached hydrogen (secondary N) is 1. The zero-order chi connectivity index (χ0) is 20.4. The Morgan fingerprint density at radius 2 is 1.79 bits per heavy atom. The maximum atomic E-state index is 12.6. The molecule has 1 aliphatic heterocycles. The monoisotopic (exact) mass is 455 g/mol. The van der Waals surface area contributed by atoms with Gasteiger partial charge in [-0.2, -0.15) is 5.10 Å². The fourth-order valence-electron chi connectivity index (χ4n) is 2.95. The van der Waals surface area contributed by atoms with Crippen molar-refractivity contribution in [3.63, 3.8) is 0 Å². The van der Waals surface area contributed by atoms with Crippen LogP contribution in [0.15, 0.2) is 63.9 Å². The molecule has 1 aromatic heterocycles. The molecule has 8 heteroatoms. The fourth-order valence-corrected chi connectivity index (χ4v) is 3.21. The molecular formula is C21H18BrN3O4. The number of anilines is 1. The van der Waals surface area contributed by atoms with Crippen LogP contribution < -0.4 is 20.3 Å². The Labute approximate surface area is 175 Å². The Kier molecular flexibility index (Phi) is 5.35. The Bertz CT molecular complexity index is 1110. The Morgan fingerprint density at radius 3 is 2.55 bits per heavy atom. The minimum atomic E-state index is -0.789. The lowest BCUT2D eigenvalue weighted by Gasteiger charge is -2.19. The number of hydrogen-bond acceptors (Lipinski definition) is 5. The first-order valence-corrected chi connectivity index (χ1v) is 9.87. The molecule has 0 bridgehead atoms. The molecule has 1 N–H and O–H groups in total. The van der Waals surface area contributed by atoms with Crippen LogP contribution in [-0.4, -0.2) is 28.9 Å². The molecular weight excluding hydrogens is 438 g/mol. The number of benzene rings is 2. The van der Waals surface area contributed by atoms with Gasteiger partial charge < -0.3 is 14.8 Å². The molecule has 0 radical (unpaired) electrons. The molecule has 29 heavy (non-hydrogen) atoms. The van der Waals surface area contributed by atoms with Crippen molar-refractivity contribution in [2.75, 3.05) is 18.5 Å². The van der Waals surface area contributed by atoms with E-state index in [0.717, 1.165) is 10.0 Å². The van der Waals surface area contributed by atoms with Crippen molar-refractivity contribution in [3.05, 3.63) is 69.4 Å². The topological polar surface area (TPSA) is 82.5 Å². The first-order valence-electron chi connectivity index (χ1n) is 9.07. The van der Waals surface area contributed by atoms with E-state index in [-0.39, 0.29) is 11.5 Å². The van der Waals surface area contributed by atoms with Crippen LogP contribution in [-0.2, 0) is 4.79 Å². The minimum absolute atomic E-state index is 0.332. The van der Waals surface area contributed by atoms with Crippen molar-refractivity contribution in [3.8, 4) is 22.8 Å². The van der Waals surface area contributed by atoms with Gasteiger partial charge in [0, 0.05) is 21.8 Å². The number of ether oxygens (including phenoxy) is 2. The molecule has 0 spiro atoms. The summed E-state index contributed by atoms with van der Waals surface area (Å²) >= 11 is 3.35. The average Bonchev–Trinajstić information content (AvgIpc) is 2.75. The standard InChI is InChI=1S/C21H18BrN3O4/c1-13(21(27)23-16-5-3-15(22)4-6-16)25-20(26)9-7-17(24-25)14-2-8-18-19(12-14)29-11-10-28-18/h2-9,12-13H,10-11H2,1H3,(H,23,27)/t13-/m1/s1. The second kappa shape index (κ2) is 8.08. The lowest BCUT2D eigenvalue weighted by Crippen LogP contribution is -2.33. The van der Waals surface area contributed by atoms with Crippen molar-refractivity contribution < 1.29 is 14.3 Å². The highest BCUT2D eigenvalue weighted by atomic mass is 79.9. The molecule has 1 atom stereocenters. The SMILES string of the molecule is C[C@H](C(=O)Nc1ccc(Br)cc1)n1nc(-c2ccc3c(c2)OCCO3)ccc1=O. The van der Waals surface area contributed by atoms with E-state index in [9.17, 15) is 9.59 Å². The van der Waals surface area contributed by atoms with Crippen molar-refractivity contribution in [2.24, 2.45) is 0 Å². The van der Waals surface area contributed by atoms with Gasteiger partial charge in [-0.05, 0) is 55.5 Å². The second-order valence-electron chi connectivity index (χ2n) is 6.53. The second-order valence-corrected chi connectivity index (χ2v) is 7.45.